The van der Waals surface area contributed by atoms with Crippen LogP contribution >= 0.6 is 10.7 Å². The van der Waals surface area contributed by atoms with E-state index in [0.29, 0.717) is 17.2 Å². The Morgan fingerprint density at radius 2 is 1.76 bits per heavy atom. The summed E-state index contributed by atoms with van der Waals surface area (Å²) >= 11 is 0. The van der Waals surface area contributed by atoms with Crippen LogP contribution < -0.4 is 9.47 Å². The third kappa shape index (κ3) is 5.01. The minimum Gasteiger partial charge on any atom is -0.493 e. The summed E-state index contributed by atoms with van der Waals surface area (Å²) in [5.41, 5.74) is 0.450. The van der Waals surface area contributed by atoms with E-state index in [-0.39, 0.29) is 29.4 Å². The maximum absolute atomic E-state index is 12.4. The number of rotatable bonds is 6. The molecule has 0 saturated carbocycles. The van der Waals surface area contributed by atoms with Crippen molar-refractivity contribution < 1.29 is 22.7 Å². The number of aryl methyl sites for hydroxylation is 1. The normalized spacial score (nSPS) is 15.9. The molecule has 1 aliphatic heterocycles. The lowest BCUT2D eigenvalue weighted by atomic mass is 9.98. The zero-order chi connectivity index (χ0) is 18.6. The molecule has 8 heteroatoms. The van der Waals surface area contributed by atoms with Crippen LogP contribution in [0.3, 0.4) is 0 Å². The summed E-state index contributed by atoms with van der Waals surface area (Å²) in [6, 6.07) is 2.91. The molecule has 0 N–H and O–H groups in total. The first-order chi connectivity index (χ1) is 11.8. The molecule has 1 aromatic carbocycles. The number of carbonyl (C=O) groups excluding carboxylic acids is 1. The van der Waals surface area contributed by atoms with Crippen molar-refractivity contribution in [2.24, 2.45) is 5.92 Å². The maximum Gasteiger partial charge on any atom is 0.261 e. The molecule has 0 bridgehead atoms. The van der Waals surface area contributed by atoms with E-state index in [1.54, 1.807) is 6.07 Å². The van der Waals surface area contributed by atoms with Gasteiger partial charge in [-0.1, -0.05) is 6.92 Å². The van der Waals surface area contributed by atoms with Crippen LogP contribution in [0.25, 0.3) is 0 Å². The van der Waals surface area contributed by atoms with Crippen molar-refractivity contribution >= 4 is 25.6 Å². The second-order valence-electron chi connectivity index (χ2n) is 6.32. The molecule has 0 atom stereocenters. The van der Waals surface area contributed by atoms with Gasteiger partial charge >= 0.3 is 0 Å². The molecule has 6 nitrogen and oxygen atoms in total. The average Bonchev–Trinajstić information content (AvgIpc) is 2.58. The first kappa shape index (κ1) is 19.8. The van der Waals surface area contributed by atoms with Gasteiger partial charge in [0.15, 0.2) is 11.5 Å². The number of methoxy groups -OCH3 is 2. The molecule has 1 amide bonds. The molecule has 0 aliphatic carbocycles. The highest BCUT2D eigenvalue weighted by atomic mass is 35.7. The predicted molar refractivity (Wildman–Crippen MR) is 95.9 cm³/mol. The second kappa shape index (κ2) is 8.27. The number of halogens is 1. The van der Waals surface area contributed by atoms with Gasteiger partial charge in [-0.15, -0.1) is 0 Å². The quantitative estimate of drug-likeness (QED) is 0.699. The first-order valence-electron chi connectivity index (χ1n) is 8.23. The van der Waals surface area contributed by atoms with E-state index in [1.165, 1.54) is 20.3 Å². The Bertz CT molecular complexity index is 727. The number of amides is 1. The van der Waals surface area contributed by atoms with Gasteiger partial charge in [0.25, 0.3) is 9.05 Å². The molecular weight excluding hydrogens is 366 g/mol. The monoisotopic (exact) mass is 389 g/mol. The lowest BCUT2D eigenvalue weighted by molar-refractivity contribution is -0.132. The highest BCUT2D eigenvalue weighted by molar-refractivity contribution is 8.13. The zero-order valence-electron chi connectivity index (χ0n) is 14.7. The fourth-order valence-corrected chi connectivity index (χ4v) is 4.14. The second-order valence-corrected chi connectivity index (χ2v) is 8.85. The van der Waals surface area contributed by atoms with E-state index < -0.39 is 9.05 Å². The molecule has 0 radical (unpaired) electrons. The van der Waals surface area contributed by atoms with E-state index in [9.17, 15) is 13.2 Å². The minimum atomic E-state index is -3.96. The van der Waals surface area contributed by atoms with E-state index >= 15 is 0 Å². The number of ether oxygens (including phenoxy) is 2. The van der Waals surface area contributed by atoms with Gasteiger partial charge < -0.3 is 14.4 Å². The fourth-order valence-electron chi connectivity index (χ4n) is 2.98. The molecule has 0 aromatic heterocycles. The molecule has 1 aliphatic rings. The van der Waals surface area contributed by atoms with Crippen LogP contribution in [0.15, 0.2) is 17.0 Å². The summed E-state index contributed by atoms with van der Waals surface area (Å²) in [5.74, 6) is 1.35. The van der Waals surface area contributed by atoms with Gasteiger partial charge in [-0.2, -0.15) is 0 Å². The van der Waals surface area contributed by atoms with Crippen molar-refractivity contribution in [2.75, 3.05) is 27.3 Å². The summed E-state index contributed by atoms with van der Waals surface area (Å²) in [4.78, 5) is 14.2. The number of piperidine rings is 1. The third-order valence-electron chi connectivity index (χ3n) is 4.57. The van der Waals surface area contributed by atoms with Gasteiger partial charge in [-0.3, -0.25) is 4.79 Å². The van der Waals surface area contributed by atoms with Gasteiger partial charge in [-0.25, -0.2) is 8.42 Å². The number of likely N-dealkylation sites (tertiary alicyclic amines) is 1. The number of nitrogens with zero attached hydrogens (tertiary/aromatic N) is 1. The van der Waals surface area contributed by atoms with E-state index in [4.69, 9.17) is 20.2 Å². The number of hydrogen-bond acceptors (Lipinski definition) is 5. The Balaban J connectivity index is 2.19. The lowest BCUT2D eigenvalue weighted by Gasteiger charge is -2.30. The van der Waals surface area contributed by atoms with Crippen LogP contribution in [0.1, 0.15) is 31.7 Å². The van der Waals surface area contributed by atoms with Crippen molar-refractivity contribution in [3.8, 4) is 11.5 Å². The van der Waals surface area contributed by atoms with Gasteiger partial charge in [0.1, 0.15) is 0 Å². The van der Waals surface area contributed by atoms with Gasteiger partial charge in [-0.05, 0) is 36.8 Å². The number of carbonyl (C=O) groups is 1. The Hall–Kier alpha value is -1.47. The number of hydrogen-bond donors (Lipinski definition) is 0. The van der Waals surface area contributed by atoms with Crippen LogP contribution in [-0.4, -0.2) is 46.5 Å². The van der Waals surface area contributed by atoms with Crippen molar-refractivity contribution in [1.29, 1.82) is 0 Å². The smallest absolute Gasteiger partial charge is 0.261 e. The fraction of sp³-hybridized carbons (Fsp3) is 0.588. The predicted octanol–water partition coefficient (Wildman–Crippen LogP) is 2.82. The van der Waals surface area contributed by atoms with E-state index in [1.807, 2.05) is 4.90 Å². The molecule has 1 saturated heterocycles. The van der Waals surface area contributed by atoms with Crippen molar-refractivity contribution in [3.05, 3.63) is 17.7 Å². The largest absolute Gasteiger partial charge is 0.493 e. The SMILES string of the molecule is COc1cc(CCC(=O)N2CCC(C)CC2)c(S(=O)(=O)Cl)cc1OC. The molecule has 2 rings (SSSR count). The first-order valence-corrected chi connectivity index (χ1v) is 10.5. The van der Waals surface area contributed by atoms with Crippen LogP contribution in [0, 0.1) is 5.92 Å². The van der Waals surface area contributed by atoms with Gasteiger partial charge in [0, 0.05) is 36.3 Å². The van der Waals surface area contributed by atoms with Crippen LogP contribution in [0.5, 0.6) is 11.5 Å². The molecule has 1 fully saturated rings. The van der Waals surface area contributed by atoms with E-state index in [0.717, 1.165) is 25.9 Å². The minimum absolute atomic E-state index is 0.0274. The van der Waals surface area contributed by atoms with Gasteiger partial charge in [0.2, 0.25) is 5.91 Å². The summed E-state index contributed by atoms with van der Waals surface area (Å²) in [7, 11) is 4.48. The molecule has 25 heavy (non-hydrogen) atoms. The molecular formula is C17H24ClNO5S. The molecule has 140 valence electrons. The third-order valence-corrected chi connectivity index (χ3v) is 5.98. The molecule has 1 heterocycles. The summed E-state index contributed by atoms with van der Waals surface area (Å²) < 4.78 is 34.1. The zero-order valence-corrected chi connectivity index (χ0v) is 16.3. The number of benzene rings is 1. The molecule has 0 unspecified atom stereocenters. The average molecular weight is 390 g/mol. The van der Waals surface area contributed by atoms with E-state index in [2.05, 4.69) is 6.92 Å². The summed E-state index contributed by atoms with van der Waals surface area (Å²) in [5, 5.41) is 0. The topological polar surface area (TPSA) is 72.9 Å². The summed E-state index contributed by atoms with van der Waals surface area (Å²) in [6.45, 7) is 3.70. The van der Waals surface area contributed by atoms with Crippen molar-refractivity contribution in [1.82, 2.24) is 4.90 Å². The van der Waals surface area contributed by atoms with Crippen LogP contribution in [0.4, 0.5) is 0 Å². The Labute approximate surface area is 153 Å². The standard InChI is InChI=1S/C17H24ClNO5S/c1-12-6-8-19(9-7-12)17(20)5-4-13-10-14(23-2)15(24-3)11-16(13)25(18,21)22/h10-12H,4-9H2,1-3H3. The molecule has 1 aromatic rings. The summed E-state index contributed by atoms with van der Waals surface area (Å²) in [6.07, 6.45) is 2.50. The molecule has 0 spiro atoms. The Morgan fingerprint density at radius 1 is 1.20 bits per heavy atom. The van der Waals surface area contributed by atoms with Crippen LogP contribution in [0.2, 0.25) is 0 Å². The van der Waals surface area contributed by atoms with Crippen molar-refractivity contribution in [2.45, 2.75) is 37.5 Å². The van der Waals surface area contributed by atoms with Gasteiger partial charge in [0.05, 0.1) is 19.1 Å². The Kier molecular flexibility index (Phi) is 6.57. The highest BCUT2D eigenvalue weighted by Gasteiger charge is 2.23. The Morgan fingerprint density at radius 3 is 2.28 bits per heavy atom. The highest BCUT2D eigenvalue weighted by Crippen LogP contribution is 2.34. The lowest BCUT2D eigenvalue weighted by Crippen LogP contribution is -2.38. The maximum atomic E-state index is 12.4. The van der Waals surface area contributed by atoms with Crippen molar-refractivity contribution in [3.63, 3.8) is 0 Å². The van der Waals surface area contributed by atoms with Crippen LogP contribution in [-0.2, 0) is 20.3 Å².